The Balaban J connectivity index is 2.26. The molecule has 2 rings (SSSR count). The molecule has 0 aliphatic heterocycles. The highest BCUT2D eigenvalue weighted by atomic mass is 19.2. The van der Waals surface area contributed by atoms with Crippen molar-refractivity contribution in [3.63, 3.8) is 0 Å². The van der Waals surface area contributed by atoms with Crippen LogP contribution in [0.15, 0.2) is 36.4 Å². The zero-order valence-electron chi connectivity index (χ0n) is 10.5. The van der Waals surface area contributed by atoms with Crippen LogP contribution in [0.4, 0.5) is 14.5 Å². The number of phenols is 1. The number of amides is 1. The van der Waals surface area contributed by atoms with E-state index in [1.54, 1.807) is 0 Å². The minimum atomic E-state index is -1.16. The van der Waals surface area contributed by atoms with E-state index in [1.807, 2.05) is 0 Å². The first kappa shape index (κ1) is 13.8. The Morgan fingerprint density at radius 1 is 1.25 bits per heavy atom. The summed E-state index contributed by atoms with van der Waals surface area (Å²) in [7, 11) is 1.41. The molecule has 0 saturated heterocycles. The Labute approximate surface area is 113 Å². The number of hydrogen-bond donors (Lipinski definition) is 2. The average Bonchev–Trinajstić information content (AvgIpc) is 2.43. The molecular weight excluding hydrogens is 268 g/mol. The predicted octanol–water partition coefficient (Wildman–Crippen LogP) is 2.93. The predicted molar refractivity (Wildman–Crippen MR) is 69.0 cm³/mol. The normalized spacial score (nSPS) is 10.2. The number of halogens is 2. The fourth-order valence-corrected chi connectivity index (χ4v) is 1.62. The number of benzene rings is 2. The number of aromatic hydroxyl groups is 1. The molecule has 6 heteroatoms. The largest absolute Gasteiger partial charge is 0.507 e. The molecule has 0 aromatic heterocycles. The molecule has 2 N–H and O–H groups in total. The van der Waals surface area contributed by atoms with Crippen LogP contribution in [-0.2, 0) is 0 Å². The molecule has 1 amide bonds. The third-order valence-corrected chi connectivity index (χ3v) is 2.65. The Morgan fingerprint density at radius 3 is 2.65 bits per heavy atom. The van der Waals surface area contributed by atoms with Gasteiger partial charge in [-0.25, -0.2) is 8.78 Å². The second-order valence-electron chi connectivity index (χ2n) is 3.94. The SMILES string of the molecule is COc1ccc(C(=O)Nc2cccc(F)c2F)c(O)c1. The summed E-state index contributed by atoms with van der Waals surface area (Å²) in [5.74, 6) is -2.93. The average molecular weight is 279 g/mol. The molecule has 4 nitrogen and oxygen atoms in total. The van der Waals surface area contributed by atoms with Crippen LogP contribution >= 0.6 is 0 Å². The minimum absolute atomic E-state index is 0.0746. The Morgan fingerprint density at radius 2 is 2.00 bits per heavy atom. The van der Waals surface area contributed by atoms with Crippen molar-refractivity contribution >= 4 is 11.6 Å². The molecule has 0 bridgehead atoms. The van der Waals surface area contributed by atoms with E-state index in [2.05, 4.69) is 5.32 Å². The molecule has 20 heavy (non-hydrogen) atoms. The van der Waals surface area contributed by atoms with Crippen molar-refractivity contribution in [3.05, 3.63) is 53.6 Å². The molecule has 0 heterocycles. The molecule has 0 unspecified atom stereocenters. The van der Waals surface area contributed by atoms with Gasteiger partial charge in [0.2, 0.25) is 0 Å². The van der Waals surface area contributed by atoms with Gasteiger partial charge in [0.15, 0.2) is 11.6 Å². The third-order valence-electron chi connectivity index (χ3n) is 2.65. The monoisotopic (exact) mass is 279 g/mol. The van der Waals surface area contributed by atoms with Crippen molar-refractivity contribution in [2.45, 2.75) is 0 Å². The molecule has 0 spiro atoms. The van der Waals surface area contributed by atoms with Crippen molar-refractivity contribution in [3.8, 4) is 11.5 Å². The van der Waals surface area contributed by atoms with E-state index >= 15 is 0 Å². The fraction of sp³-hybridized carbons (Fsp3) is 0.0714. The Kier molecular flexibility index (Phi) is 3.84. The number of anilines is 1. The fourth-order valence-electron chi connectivity index (χ4n) is 1.62. The van der Waals surface area contributed by atoms with Gasteiger partial charge in [-0.1, -0.05) is 6.07 Å². The summed E-state index contributed by atoms with van der Waals surface area (Å²) >= 11 is 0. The van der Waals surface area contributed by atoms with Gasteiger partial charge in [0.05, 0.1) is 18.4 Å². The van der Waals surface area contributed by atoms with Crippen LogP contribution in [0.25, 0.3) is 0 Å². The number of phenolic OH excluding ortho intramolecular Hbond substituents is 1. The Hall–Kier alpha value is -2.63. The Bertz CT molecular complexity index is 659. The molecule has 0 atom stereocenters. The van der Waals surface area contributed by atoms with E-state index in [9.17, 15) is 18.7 Å². The second-order valence-corrected chi connectivity index (χ2v) is 3.94. The molecule has 2 aromatic carbocycles. The van der Waals surface area contributed by atoms with Gasteiger partial charge in [-0.3, -0.25) is 4.79 Å². The van der Waals surface area contributed by atoms with E-state index in [4.69, 9.17) is 4.74 Å². The van der Waals surface area contributed by atoms with Crippen LogP contribution < -0.4 is 10.1 Å². The lowest BCUT2D eigenvalue weighted by Crippen LogP contribution is -2.13. The van der Waals surface area contributed by atoms with E-state index in [0.29, 0.717) is 5.75 Å². The minimum Gasteiger partial charge on any atom is -0.507 e. The summed E-state index contributed by atoms with van der Waals surface area (Å²) in [5, 5.41) is 11.9. The van der Waals surface area contributed by atoms with Gasteiger partial charge in [0.25, 0.3) is 5.91 Å². The van der Waals surface area contributed by atoms with E-state index in [0.717, 1.165) is 6.07 Å². The number of hydrogen-bond acceptors (Lipinski definition) is 3. The molecule has 2 aromatic rings. The number of methoxy groups -OCH3 is 1. The lowest BCUT2D eigenvalue weighted by molar-refractivity contribution is 0.102. The maximum Gasteiger partial charge on any atom is 0.259 e. The van der Waals surface area contributed by atoms with E-state index in [1.165, 1.54) is 37.4 Å². The van der Waals surface area contributed by atoms with Crippen molar-refractivity contribution < 1.29 is 23.4 Å². The van der Waals surface area contributed by atoms with Gasteiger partial charge >= 0.3 is 0 Å². The third kappa shape index (κ3) is 2.69. The maximum absolute atomic E-state index is 13.4. The number of nitrogens with one attached hydrogen (secondary N) is 1. The van der Waals surface area contributed by atoms with Gasteiger partial charge in [0.1, 0.15) is 11.5 Å². The van der Waals surface area contributed by atoms with Crippen LogP contribution in [0.3, 0.4) is 0 Å². The molecule has 0 saturated carbocycles. The highest BCUT2D eigenvalue weighted by molar-refractivity contribution is 6.06. The zero-order valence-corrected chi connectivity index (χ0v) is 10.5. The van der Waals surface area contributed by atoms with Crippen LogP contribution in [0.1, 0.15) is 10.4 Å². The summed E-state index contributed by atoms with van der Waals surface area (Å²) in [4.78, 5) is 11.9. The summed E-state index contributed by atoms with van der Waals surface area (Å²) in [6.45, 7) is 0. The van der Waals surface area contributed by atoms with Crippen LogP contribution in [-0.4, -0.2) is 18.1 Å². The van der Waals surface area contributed by atoms with Gasteiger partial charge in [-0.15, -0.1) is 0 Å². The standard InChI is InChI=1S/C14H11F2NO3/c1-20-8-5-6-9(12(18)7-8)14(19)17-11-4-2-3-10(15)13(11)16/h2-7,18H,1H3,(H,17,19). The summed E-state index contributed by atoms with van der Waals surface area (Å²) in [5.41, 5.74) is -0.375. The lowest BCUT2D eigenvalue weighted by atomic mass is 10.1. The van der Waals surface area contributed by atoms with Crippen molar-refractivity contribution in [1.82, 2.24) is 0 Å². The molecule has 0 aliphatic rings. The number of ether oxygens (including phenoxy) is 1. The smallest absolute Gasteiger partial charge is 0.259 e. The van der Waals surface area contributed by atoms with E-state index < -0.39 is 17.5 Å². The molecular formula is C14H11F2NO3. The van der Waals surface area contributed by atoms with Gasteiger partial charge in [0, 0.05) is 6.07 Å². The first-order valence-electron chi connectivity index (χ1n) is 5.65. The van der Waals surface area contributed by atoms with E-state index in [-0.39, 0.29) is 17.0 Å². The summed E-state index contributed by atoms with van der Waals surface area (Å²) in [6, 6.07) is 7.46. The lowest BCUT2D eigenvalue weighted by Gasteiger charge is -2.09. The molecule has 0 aliphatic carbocycles. The molecule has 0 radical (unpaired) electrons. The maximum atomic E-state index is 13.4. The number of carbonyl (C=O) groups is 1. The van der Waals surface area contributed by atoms with Crippen LogP contribution in [0.2, 0.25) is 0 Å². The highest BCUT2D eigenvalue weighted by Crippen LogP contribution is 2.25. The highest BCUT2D eigenvalue weighted by Gasteiger charge is 2.15. The topological polar surface area (TPSA) is 58.6 Å². The first-order chi connectivity index (χ1) is 9.52. The van der Waals surface area contributed by atoms with Crippen LogP contribution in [0, 0.1) is 11.6 Å². The number of rotatable bonds is 3. The van der Waals surface area contributed by atoms with Crippen molar-refractivity contribution in [1.29, 1.82) is 0 Å². The van der Waals surface area contributed by atoms with Crippen LogP contribution in [0.5, 0.6) is 11.5 Å². The van der Waals surface area contributed by atoms with Crippen molar-refractivity contribution in [2.24, 2.45) is 0 Å². The van der Waals surface area contributed by atoms with Crippen molar-refractivity contribution in [2.75, 3.05) is 12.4 Å². The van der Waals surface area contributed by atoms with Gasteiger partial charge in [-0.05, 0) is 24.3 Å². The summed E-state index contributed by atoms with van der Waals surface area (Å²) in [6.07, 6.45) is 0. The zero-order chi connectivity index (χ0) is 14.7. The molecule has 0 fully saturated rings. The first-order valence-corrected chi connectivity index (χ1v) is 5.65. The van der Waals surface area contributed by atoms with Gasteiger partial charge in [-0.2, -0.15) is 0 Å². The quantitative estimate of drug-likeness (QED) is 0.908. The summed E-state index contributed by atoms with van der Waals surface area (Å²) < 4.78 is 31.3. The molecule has 104 valence electrons. The second kappa shape index (κ2) is 5.56. The van der Waals surface area contributed by atoms with Gasteiger partial charge < -0.3 is 15.2 Å². The number of carbonyl (C=O) groups excluding carboxylic acids is 1.